The van der Waals surface area contributed by atoms with Crippen LogP contribution in [0.1, 0.15) is 0 Å². The molecule has 0 radical (unpaired) electrons. The standard InChI is InChI=1S/C7H8O3S2/c1-11(8)6-2-4-7(5-3-6)12(9)10/h2-5H,1H3,(H,9,10). The highest BCUT2D eigenvalue weighted by molar-refractivity contribution is 7.84. The van der Waals surface area contributed by atoms with Gasteiger partial charge in [0.2, 0.25) is 0 Å². The van der Waals surface area contributed by atoms with E-state index in [1.165, 1.54) is 12.1 Å². The molecule has 0 aliphatic heterocycles. The third-order valence-corrected chi connectivity index (χ3v) is 2.97. The largest absolute Gasteiger partial charge is 0.302 e. The topological polar surface area (TPSA) is 54.4 Å². The fourth-order valence-electron chi connectivity index (χ4n) is 0.748. The van der Waals surface area contributed by atoms with E-state index < -0.39 is 21.9 Å². The molecule has 5 heteroatoms. The molecule has 1 rings (SSSR count). The van der Waals surface area contributed by atoms with Crippen molar-refractivity contribution in [2.45, 2.75) is 9.79 Å². The average molecular weight is 204 g/mol. The summed E-state index contributed by atoms with van der Waals surface area (Å²) in [7, 11) is -1.03. The Kier molecular flexibility index (Phi) is 3.13. The van der Waals surface area contributed by atoms with Gasteiger partial charge in [-0.05, 0) is 24.3 Å². The Balaban J connectivity index is 3.01. The van der Waals surface area contributed by atoms with E-state index in [1.807, 2.05) is 0 Å². The first-order valence-corrected chi connectivity index (χ1v) is 5.82. The molecule has 12 heavy (non-hydrogen) atoms. The fourth-order valence-corrected chi connectivity index (χ4v) is 1.64. The Labute approximate surface area is 75.5 Å². The highest BCUT2D eigenvalue weighted by Crippen LogP contribution is 2.09. The van der Waals surface area contributed by atoms with Gasteiger partial charge >= 0.3 is 0 Å². The first-order chi connectivity index (χ1) is 5.61. The first-order valence-electron chi connectivity index (χ1n) is 3.15. The average Bonchev–Trinajstić information content (AvgIpc) is 2.04. The van der Waals surface area contributed by atoms with Crippen LogP contribution in [0.4, 0.5) is 0 Å². The zero-order valence-corrected chi connectivity index (χ0v) is 8.02. The Morgan fingerprint density at radius 2 is 1.50 bits per heavy atom. The van der Waals surface area contributed by atoms with Gasteiger partial charge in [-0.2, -0.15) is 0 Å². The molecule has 0 heterocycles. The molecule has 66 valence electrons. The molecule has 0 aliphatic rings. The van der Waals surface area contributed by atoms with Gasteiger partial charge in [0.15, 0.2) is 11.1 Å². The molecule has 1 N–H and O–H groups in total. The lowest BCUT2D eigenvalue weighted by Gasteiger charge is -1.96. The van der Waals surface area contributed by atoms with Gasteiger partial charge in [0.25, 0.3) is 0 Å². The number of rotatable bonds is 2. The number of benzene rings is 1. The molecular formula is C7H8O3S2. The fraction of sp³-hybridized carbons (Fsp3) is 0.143. The van der Waals surface area contributed by atoms with Gasteiger partial charge in [-0.1, -0.05) is 0 Å². The number of hydrogen-bond donors (Lipinski definition) is 1. The van der Waals surface area contributed by atoms with Crippen LogP contribution in [-0.2, 0) is 21.9 Å². The van der Waals surface area contributed by atoms with Crippen molar-refractivity contribution < 1.29 is 13.0 Å². The van der Waals surface area contributed by atoms with Gasteiger partial charge in [-0.25, -0.2) is 4.21 Å². The van der Waals surface area contributed by atoms with E-state index in [0.29, 0.717) is 9.79 Å². The minimum Gasteiger partial charge on any atom is -0.302 e. The summed E-state index contributed by atoms with van der Waals surface area (Å²) < 4.78 is 30.1. The van der Waals surface area contributed by atoms with Crippen LogP contribution in [-0.4, -0.2) is 19.2 Å². The van der Waals surface area contributed by atoms with Crippen molar-refractivity contribution in [2.24, 2.45) is 0 Å². The maximum atomic E-state index is 10.9. The lowest BCUT2D eigenvalue weighted by Crippen LogP contribution is -1.90. The summed E-state index contributed by atoms with van der Waals surface area (Å²) in [6.45, 7) is 0. The van der Waals surface area contributed by atoms with Gasteiger partial charge in [-0.3, -0.25) is 4.21 Å². The molecule has 0 saturated carbocycles. The monoisotopic (exact) mass is 204 g/mol. The van der Waals surface area contributed by atoms with Crippen molar-refractivity contribution in [3.05, 3.63) is 24.3 Å². The first kappa shape index (κ1) is 9.57. The van der Waals surface area contributed by atoms with Crippen molar-refractivity contribution >= 4 is 21.9 Å². The normalized spacial score (nSPS) is 15.5. The Morgan fingerprint density at radius 3 is 1.83 bits per heavy atom. The zero-order chi connectivity index (χ0) is 9.14. The Hall–Kier alpha value is -0.520. The van der Waals surface area contributed by atoms with Crippen molar-refractivity contribution in [3.63, 3.8) is 0 Å². The molecule has 1 aromatic rings. The van der Waals surface area contributed by atoms with Crippen LogP contribution in [0.25, 0.3) is 0 Å². The summed E-state index contributed by atoms with van der Waals surface area (Å²) in [5.41, 5.74) is 0. The smallest absolute Gasteiger partial charge is 0.186 e. The minimum absolute atomic E-state index is 0.323. The summed E-state index contributed by atoms with van der Waals surface area (Å²) in [4.78, 5) is 0.980. The third kappa shape index (κ3) is 2.23. The van der Waals surface area contributed by atoms with Crippen LogP contribution >= 0.6 is 0 Å². The van der Waals surface area contributed by atoms with Gasteiger partial charge in [0.05, 0.1) is 4.90 Å². The van der Waals surface area contributed by atoms with Gasteiger partial charge in [0.1, 0.15) is 0 Å². The van der Waals surface area contributed by atoms with Crippen LogP contribution in [0.5, 0.6) is 0 Å². The third-order valence-electron chi connectivity index (χ3n) is 1.36. The zero-order valence-electron chi connectivity index (χ0n) is 6.39. The molecule has 3 nitrogen and oxygen atoms in total. The van der Waals surface area contributed by atoms with E-state index in [4.69, 9.17) is 4.55 Å². The quantitative estimate of drug-likeness (QED) is 0.731. The molecule has 2 atom stereocenters. The molecule has 0 bridgehead atoms. The van der Waals surface area contributed by atoms with Crippen LogP contribution in [0.3, 0.4) is 0 Å². The molecule has 0 aromatic heterocycles. The van der Waals surface area contributed by atoms with Crippen molar-refractivity contribution in [2.75, 3.05) is 6.26 Å². The Bertz CT molecular complexity index is 285. The molecule has 2 unspecified atom stereocenters. The summed E-state index contributed by atoms with van der Waals surface area (Å²) in [5, 5.41) is 0. The van der Waals surface area contributed by atoms with Gasteiger partial charge in [0, 0.05) is 22.0 Å². The highest BCUT2D eigenvalue weighted by atomic mass is 32.2. The summed E-state index contributed by atoms with van der Waals surface area (Å²) >= 11 is -1.95. The van der Waals surface area contributed by atoms with E-state index in [-0.39, 0.29) is 0 Å². The van der Waals surface area contributed by atoms with Crippen molar-refractivity contribution in [3.8, 4) is 0 Å². The van der Waals surface area contributed by atoms with E-state index in [9.17, 15) is 8.42 Å². The lowest BCUT2D eigenvalue weighted by atomic mass is 10.4. The summed E-state index contributed by atoms with van der Waals surface area (Å²) in [6.07, 6.45) is 1.56. The van der Waals surface area contributed by atoms with E-state index in [1.54, 1.807) is 18.4 Å². The second-order valence-electron chi connectivity index (χ2n) is 2.17. The van der Waals surface area contributed by atoms with Crippen LogP contribution < -0.4 is 0 Å². The molecule has 1 aromatic carbocycles. The van der Waals surface area contributed by atoms with Gasteiger partial charge in [-0.15, -0.1) is 0 Å². The predicted octanol–water partition coefficient (Wildman–Crippen LogP) is 1.00. The van der Waals surface area contributed by atoms with Crippen molar-refractivity contribution in [1.29, 1.82) is 0 Å². The SMILES string of the molecule is CS(=O)c1ccc(S(=O)O)cc1. The van der Waals surface area contributed by atoms with Crippen LogP contribution in [0.2, 0.25) is 0 Å². The number of hydrogen-bond acceptors (Lipinski definition) is 2. The minimum atomic E-state index is -1.95. The lowest BCUT2D eigenvalue weighted by molar-refractivity contribution is 0.564. The van der Waals surface area contributed by atoms with Crippen LogP contribution in [0, 0.1) is 0 Å². The molecule has 0 aliphatic carbocycles. The van der Waals surface area contributed by atoms with Crippen molar-refractivity contribution in [1.82, 2.24) is 0 Å². The van der Waals surface area contributed by atoms with E-state index in [2.05, 4.69) is 0 Å². The molecule has 0 saturated heterocycles. The van der Waals surface area contributed by atoms with Gasteiger partial charge < -0.3 is 4.55 Å². The van der Waals surface area contributed by atoms with E-state index >= 15 is 0 Å². The molecular weight excluding hydrogens is 196 g/mol. The predicted molar refractivity (Wildman–Crippen MR) is 47.8 cm³/mol. The molecule has 0 spiro atoms. The highest BCUT2D eigenvalue weighted by Gasteiger charge is 2.00. The Morgan fingerprint density at radius 1 is 1.08 bits per heavy atom. The molecule has 0 fully saturated rings. The molecule has 0 amide bonds. The van der Waals surface area contributed by atoms with Crippen LogP contribution in [0.15, 0.2) is 34.1 Å². The second-order valence-corrected chi connectivity index (χ2v) is 4.52. The maximum Gasteiger partial charge on any atom is 0.186 e. The second kappa shape index (κ2) is 3.93. The van der Waals surface area contributed by atoms with E-state index in [0.717, 1.165) is 0 Å². The summed E-state index contributed by atoms with van der Waals surface area (Å²) in [5.74, 6) is 0. The maximum absolute atomic E-state index is 10.9. The summed E-state index contributed by atoms with van der Waals surface area (Å²) in [6, 6.07) is 6.15.